The number of carbonyl (C=O) groups excluding carboxylic acids is 2. The molecule has 0 N–H and O–H groups in total. The number of rotatable bonds is 8. The maximum atomic E-state index is 12.3. The van der Waals surface area contributed by atoms with E-state index in [0.29, 0.717) is 32.9 Å². The molecule has 1 fully saturated rings. The topological polar surface area (TPSA) is 59.1 Å². The quantitative estimate of drug-likeness (QED) is 0.631. The van der Waals surface area contributed by atoms with E-state index in [4.69, 9.17) is 9.47 Å². The Morgan fingerprint density at radius 3 is 2.32 bits per heavy atom. The molecule has 0 aromatic heterocycles. The highest BCUT2D eigenvalue weighted by Crippen LogP contribution is 2.20. The van der Waals surface area contributed by atoms with E-state index in [1.165, 1.54) is 0 Å². The van der Waals surface area contributed by atoms with Crippen LogP contribution in [0.2, 0.25) is 0 Å². The standard InChI is InChI=1S/C16H30N2O4/c1-5-21-10-11-22-12-15(19)18-8-6-14(7-9-18)16(20)17(4)13(2)3/h13-14H,5-12H2,1-4H3. The molecule has 0 radical (unpaired) electrons. The van der Waals surface area contributed by atoms with E-state index in [1.54, 1.807) is 9.80 Å². The first kappa shape index (κ1) is 18.9. The van der Waals surface area contributed by atoms with E-state index < -0.39 is 0 Å². The average molecular weight is 314 g/mol. The first-order chi connectivity index (χ1) is 10.5. The van der Waals surface area contributed by atoms with Gasteiger partial charge in [-0.25, -0.2) is 0 Å². The molecular weight excluding hydrogens is 284 g/mol. The third-order valence-electron chi connectivity index (χ3n) is 4.12. The molecule has 0 aliphatic carbocycles. The van der Waals surface area contributed by atoms with Gasteiger partial charge in [-0.2, -0.15) is 0 Å². The highest BCUT2D eigenvalue weighted by molar-refractivity contribution is 5.80. The van der Waals surface area contributed by atoms with E-state index in [0.717, 1.165) is 12.8 Å². The van der Waals surface area contributed by atoms with Crippen molar-refractivity contribution in [2.75, 3.05) is 46.6 Å². The molecule has 1 aliphatic rings. The summed E-state index contributed by atoms with van der Waals surface area (Å²) >= 11 is 0. The Bertz CT molecular complexity index is 352. The zero-order valence-corrected chi connectivity index (χ0v) is 14.3. The molecule has 6 nitrogen and oxygen atoms in total. The van der Waals surface area contributed by atoms with Crippen LogP contribution in [0, 0.1) is 5.92 Å². The summed E-state index contributed by atoms with van der Waals surface area (Å²) in [6.07, 6.45) is 1.47. The molecule has 2 amide bonds. The van der Waals surface area contributed by atoms with E-state index >= 15 is 0 Å². The fourth-order valence-electron chi connectivity index (χ4n) is 2.43. The molecule has 1 aliphatic heterocycles. The van der Waals surface area contributed by atoms with Crippen LogP contribution >= 0.6 is 0 Å². The summed E-state index contributed by atoms with van der Waals surface area (Å²) in [5.41, 5.74) is 0. The van der Waals surface area contributed by atoms with Crippen LogP contribution in [0.15, 0.2) is 0 Å². The molecule has 1 heterocycles. The maximum absolute atomic E-state index is 12.3. The van der Waals surface area contributed by atoms with Crippen molar-refractivity contribution in [3.8, 4) is 0 Å². The summed E-state index contributed by atoms with van der Waals surface area (Å²) in [5, 5.41) is 0. The fraction of sp³-hybridized carbons (Fsp3) is 0.875. The predicted octanol–water partition coefficient (Wildman–Crippen LogP) is 1.14. The van der Waals surface area contributed by atoms with Crippen LogP contribution in [0.25, 0.3) is 0 Å². The first-order valence-electron chi connectivity index (χ1n) is 8.17. The molecule has 0 aromatic carbocycles. The number of ether oxygens (including phenoxy) is 2. The fourth-order valence-corrected chi connectivity index (χ4v) is 2.43. The molecule has 1 saturated heterocycles. The molecule has 128 valence electrons. The lowest BCUT2D eigenvalue weighted by Crippen LogP contribution is -2.45. The van der Waals surface area contributed by atoms with Gasteiger partial charge in [0.15, 0.2) is 0 Å². The van der Waals surface area contributed by atoms with Gasteiger partial charge in [-0.15, -0.1) is 0 Å². The van der Waals surface area contributed by atoms with Gasteiger partial charge in [-0.1, -0.05) is 0 Å². The van der Waals surface area contributed by atoms with Crippen LogP contribution in [0.1, 0.15) is 33.6 Å². The van der Waals surface area contributed by atoms with Crippen molar-refractivity contribution in [1.82, 2.24) is 9.80 Å². The van der Waals surface area contributed by atoms with Crippen molar-refractivity contribution in [3.05, 3.63) is 0 Å². The Labute approximate surface area is 133 Å². The van der Waals surface area contributed by atoms with Crippen molar-refractivity contribution in [1.29, 1.82) is 0 Å². The van der Waals surface area contributed by atoms with Crippen LogP contribution in [-0.2, 0) is 19.1 Å². The second-order valence-corrected chi connectivity index (χ2v) is 5.95. The lowest BCUT2D eigenvalue weighted by molar-refractivity contribution is -0.143. The zero-order chi connectivity index (χ0) is 16.5. The summed E-state index contributed by atoms with van der Waals surface area (Å²) < 4.78 is 10.5. The summed E-state index contributed by atoms with van der Waals surface area (Å²) in [6, 6.07) is 0.214. The predicted molar refractivity (Wildman–Crippen MR) is 84.5 cm³/mol. The average Bonchev–Trinajstić information content (AvgIpc) is 2.53. The van der Waals surface area contributed by atoms with Gasteiger partial charge >= 0.3 is 0 Å². The van der Waals surface area contributed by atoms with Crippen LogP contribution in [-0.4, -0.2) is 74.2 Å². The van der Waals surface area contributed by atoms with Crippen molar-refractivity contribution in [2.24, 2.45) is 5.92 Å². The van der Waals surface area contributed by atoms with Gasteiger partial charge in [0.1, 0.15) is 6.61 Å². The third kappa shape index (κ3) is 5.93. The van der Waals surface area contributed by atoms with Gasteiger partial charge in [-0.05, 0) is 33.6 Å². The molecule has 22 heavy (non-hydrogen) atoms. The number of amides is 2. The van der Waals surface area contributed by atoms with Gasteiger partial charge < -0.3 is 19.3 Å². The Kier molecular flexibility index (Phi) is 8.42. The van der Waals surface area contributed by atoms with Crippen molar-refractivity contribution < 1.29 is 19.1 Å². The smallest absolute Gasteiger partial charge is 0.248 e. The lowest BCUT2D eigenvalue weighted by atomic mass is 9.95. The molecule has 0 saturated carbocycles. The van der Waals surface area contributed by atoms with Crippen molar-refractivity contribution in [3.63, 3.8) is 0 Å². The monoisotopic (exact) mass is 314 g/mol. The van der Waals surface area contributed by atoms with Crippen molar-refractivity contribution in [2.45, 2.75) is 39.7 Å². The lowest BCUT2D eigenvalue weighted by Gasteiger charge is -2.34. The molecule has 0 bridgehead atoms. The highest BCUT2D eigenvalue weighted by Gasteiger charge is 2.29. The Hall–Kier alpha value is -1.14. The summed E-state index contributed by atoms with van der Waals surface area (Å²) in [5.74, 6) is 0.227. The molecular formula is C16H30N2O4. The first-order valence-corrected chi connectivity index (χ1v) is 8.17. The van der Waals surface area contributed by atoms with E-state index in [9.17, 15) is 9.59 Å². The Balaban J connectivity index is 2.26. The largest absolute Gasteiger partial charge is 0.379 e. The number of carbonyl (C=O) groups is 2. The summed E-state index contributed by atoms with van der Waals surface area (Å²) in [4.78, 5) is 27.9. The molecule has 0 unspecified atom stereocenters. The van der Waals surface area contributed by atoms with Gasteiger partial charge in [0.2, 0.25) is 11.8 Å². The second kappa shape index (κ2) is 9.79. The van der Waals surface area contributed by atoms with Crippen LogP contribution in [0.3, 0.4) is 0 Å². The molecule has 1 rings (SSSR count). The third-order valence-corrected chi connectivity index (χ3v) is 4.12. The summed E-state index contributed by atoms with van der Waals surface area (Å²) in [6.45, 7) is 8.92. The highest BCUT2D eigenvalue weighted by atomic mass is 16.5. The minimum absolute atomic E-state index is 0.000360. The molecule has 0 aromatic rings. The van der Waals surface area contributed by atoms with E-state index in [-0.39, 0.29) is 30.4 Å². The van der Waals surface area contributed by atoms with Crippen LogP contribution in [0.4, 0.5) is 0 Å². The van der Waals surface area contributed by atoms with Gasteiger partial charge in [0.25, 0.3) is 0 Å². The Morgan fingerprint density at radius 2 is 1.77 bits per heavy atom. The second-order valence-electron chi connectivity index (χ2n) is 5.95. The Morgan fingerprint density at radius 1 is 1.18 bits per heavy atom. The molecule has 0 atom stereocenters. The zero-order valence-electron chi connectivity index (χ0n) is 14.3. The SMILES string of the molecule is CCOCCOCC(=O)N1CCC(C(=O)N(C)C(C)C)CC1. The van der Waals surface area contributed by atoms with Crippen LogP contribution in [0.5, 0.6) is 0 Å². The maximum Gasteiger partial charge on any atom is 0.248 e. The van der Waals surface area contributed by atoms with E-state index in [1.807, 2.05) is 27.8 Å². The number of hydrogen-bond donors (Lipinski definition) is 0. The summed E-state index contributed by atoms with van der Waals surface area (Å²) in [7, 11) is 1.84. The number of hydrogen-bond acceptors (Lipinski definition) is 4. The number of likely N-dealkylation sites (tertiary alicyclic amines) is 1. The van der Waals surface area contributed by atoms with Crippen molar-refractivity contribution >= 4 is 11.8 Å². The van der Waals surface area contributed by atoms with Gasteiger partial charge in [-0.3, -0.25) is 9.59 Å². The van der Waals surface area contributed by atoms with E-state index in [2.05, 4.69) is 0 Å². The van der Waals surface area contributed by atoms with Gasteiger partial charge in [0.05, 0.1) is 13.2 Å². The minimum Gasteiger partial charge on any atom is -0.379 e. The molecule has 6 heteroatoms. The minimum atomic E-state index is -0.000360. The van der Waals surface area contributed by atoms with Gasteiger partial charge in [0, 0.05) is 38.7 Å². The normalized spacial score (nSPS) is 16.1. The number of piperidine rings is 1. The molecule has 0 spiro atoms. The number of nitrogens with zero attached hydrogens (tertiary/aromatic N) is 2. The van der Waals surface area contributed by atoms with Crippen LogP contribution < -0.4 is 0 Å².